The lowest BCUT2D eigenvalue weighted by atomic mass is 10.2. The van der Waals surface area contributed by atoms with Gasteiger partial charge in [-0.25, -0.2) is 0 Å². The molecule has 0 radical (unpaired) electrons. The summed E-state index contributed by atoms with van der Waals surface area (Å²) >= 11 is 0. The summed E-state index contributed by atoms with van der Waals surface area (Å²) < 4.78 is 1.89. The Balaban J connectivity index is 2.62. The smallest absolute Gasteiger partial charge is 0.154 e. The molecule has 0 fully saturated rings. The van der Waals surface area contributed by atoms with Gasteiger partial charge in [-0.05, 0) is 19.1 Å². The lowest BCUT2D eigenvalue weighted by Crippen LogP contribution is -2.29. The van der Waals surface area contributed by atoms with Crippen LogP contribution in [-0.2, 0) is 4.79 Å². The minimum absolute atomic E-state index is 0.109. The van der Waals surface area contributed by atoms with Crippen molar-refractivity contribution in [1.29, 1.82) is 0 Å². The highest BCUT2D eigenvalue weighted by Gasteiger charge is 2.21. The summed E-state index contributed by atoms with van der Waals surface area (Å²) in [6.45, 7) is 6.00. The summed E-state index contributed by atoms with van der Waals surface area (Å²) in [6, 6.07) is 3.67. The van der Waals surface area contributed by atoms with E-state index in [0.29, 0.717) is 6.54 Å². The van der Waals surface area contributed by atoms with Crippen molar-refractivity contribution in [1.82, 2.24) is 4.57 Å². The number of aromatic nitrogens is 1. The van der Waals surface area contributed by atoms with E-state index in [1.165, 1.54) is 0 Å². The molecule has 0 saturated heterocycles. The Kier molecular flexibility index (Phi) is 1.40. The second kappa shape index (κ2) is 2.30. The van der Waals surface area contributed by atoms with E-state index >= 15 is 0 Å². The molecule has 1 aliphatic rings. The molecule has 0 N–H and O–H groups in total. The molecule has 0 amide bonds. The van der Waals surface area contributed by atoms with Gasteiger partial charge in [-0.2, -0.15) is 0 Å². The molecule has 1 atom stereocenters. The lowest BCUT2D eigenvalue weighted by Gasteiger charge is -2.07. The fourth-order valence-corrected chi connectivity index (χ4v) is 1.54. The molecular formula is C9H10N2O. The van der Waals surface area contributed by atoms with E-state index in [0.717, 1.165) is 10.8 Å². The van der Waals surface area contributed by atoms with E-state index in [-0.39, 0.29) is 11.8 Å². The number of fused-ring (bicyclic) bond motifs is 1. The SMILES string of the molecule is C=c1ccc2n1C(C(C)=O)CN=2. The van der Waals surface area contributed by atoms with Crippen LogP contribution in [0.3, 0.4) is 0 Å². The van der Waals surface area contributed by atoms with E-state index in [9.17, 15) is 4.79 Å². The number of carbonyl (C=O) groups is 1. The lowest BCUT2D eigenvalue weighted by molar-refractivity contribution is -0.119. The molecule has 0 saturated carbocycles. The van der Waals surface area contributed by atoms with Crippen molar-refractivity contribution >= 4 is 12.4 Å². The van der Waals surface area contributed by atoms with Crippen LogP contribution in [0, 0.1) is 0 Å². The second-order valence-electron chi connectivity index (χ2n) is 3.02. The zero-order valence-corrected chi connectivity index (χ0v) is 6.95. The normalized spacial score (nSPS) is 20.2. The molecule has 1 aliphatic heterocycles. The molecule has 0 spiro atoms. The standard InChI is InChI=1S/C9H10N2O/c1-6-3-4-9-10-5-8(7(2)12)11(6)9/h3-4,8H,1,5H2,2H3. The molecule has 1 aromatic rings. The number of hydrogen-bond acceptors (Lipinski definition) is 2. The third-order valence-electron chi connectivity index (χ3n) is 2.19. The molecule has 12 heavy (non-hydrogen) atoms. The van der Waals surface area contributed by atoms with E-state index < -0.39 is 0 Å². The summed E-state index contributed by atoms with van der Waals surface area (Å²) in [5.41, 5.74) is 0.875. The number of Topliss-reactive ketones (excluding diaryl/α,β-unsaturated/α-hetero) is 1. The monoisotopic (exact) mass is 162 g/mol. The highest BCUT2D eigenvalue weighted by Crippen LogP contribution is 2.06. The third-order valence-corrected chi connectivity index (χ3v) is 2.19. The van der Waals surface area contributed by atoms with Crippen molar-refractivity contribution in [3.8, 4) is 0 Å². The van der Waals surface area contributed by atoms with Crippen LogP contribution >= 0.6 is 0 Å². The topological polar surface area (TPSA) is 34.4 Å². The van der Waals surface area contributed by atoms with Crippen LogP contribution in [0.1, 0.15) is 13.0 Å². The average Bonchev–Trinajstić information content (AvgIpc) is 2.53. The Morgan fingerprint density at radius 3 is 3.17 bits per heavy atom. The van der Waals surface area contributed by atoms with Crippen molar-refractivity contribution in [3.05, 3.63) is 23.0 Å². The van der Waals surface area contributed by atoms with Gasteiger partial charge in [-0.3, -0.25) is 9.79 Å². The molecule has 2 heterocycles. The molecule has 0 aliphatic carbocycles. The van der Waals surface area contributed by atoms with E-state index in [1.54, 1.807) is 6.92 Å². The first kappa shape index (κ1) is 7.28. The van der Waals surface area contributed by atoms with Gasteiger partial charge >= 0.3 is 0 Å². The second-order valence-corrected chi connectivity index (χ2v) is 3.02. The summed E-state index contributed by atoms with van der Waals surface area (Å²) in [5.74, 6) is 0.151. The number of carbonyl (C=O) groups excluding carboxylic acids is 1. The zero-order valence-electron chi connectivity index (χ0n) is 6.95. The van der Waals surface area contributed by atoms with Crippen molar-refractivity contribution in [3.63, 3.8) is 0 Å². The first-order chi connectivity index (χ1) is 5.70. The third kappa shape index (κ3) is 0.826. The molecular weight excluding hydrogens is 152 g/mol. The maximum atomic E-state index is 11.2. The fourth-order valence-electron chi connectivity index (χ4n) is 1.54. The van der Waals surface area contributed by atoms with Crippen molar-refractivity contribution in [2.75, 3.05) is 6.54 Å². The molecule has 0 bridgehead atoms. The van der Waals surface area contributed by atoms with Crippen LogP contribution in [0.15, 0.2) is 17.1 Å². The van der Waals surface area contributed by atoms with Crippen LogP contribution < -0.4 is 10.8 Å². The van der Waals surface area contributed by atoms with Gasteiger partial charge in [0.15, 0.2) is 5.78 Å². The van der Waals surface area contributed by atoms with Gasteiger partial charge in [-0.15, -0.1) is 0 Å². The molecule has 3 heteroatoms. The molecule has 62 valence electrons. The summed E-state index contributed by atoms with van der Waals surface area (Å²) in [7, 11) is 0. The van der Waals surface area contributed by atoms with Gasteiger partial charge in [0.2, 0.25) is 0 Å². The number of nitrogens with zero attached hydrogens (tertiary/aromatic N) is 2. The van der Waals surface area contributed by atoms with Crippen molar-refractivity contribution < 1.29 is 4.79 Å². The minimum Gasteiger partial charge on any atom is -0.315 e. The largest absolute Gasteiger partial charge is 0.315 e. The Morgan fingerprint density at radius 2 is 2.50 bits per heavy atom. The number of rotatable bonds is 1. The van der Waals surface area contributed by atoms with Crippen LogP contribution in [0.4, 0.5) is 0 Å². The summed E-state index contributed by atoms with van der Waals surface area (Å²) in [4.78, 5) is 15.4. The molecule has 0 aromatic carbocycles. The van der Waals surface area contributed by atoms with Crippen LogP contribution in [0.25, 0.3) is 6.58 Å². The Labute approximate surface area is 70.0 Å². The fraction of sp³-hybridized carbons (Fsp3) is 0.333. The van der Waals surface area contributed by atoms with E-state index in [4.69, 9.17) is 0 Å². The summed E-state index contributed by atoms with van der Waals surface area (Å²) in [6.07, 6.45) is 0. The van der Waals surface area contributed by atoms with Gasteiger partial charge in [-0.1, -0.05) is 6.58 Å². The minimum atomic E-state index is -0.109. The first-order valence-corrected chi connectivity index (χ1v) is 3.91. The predicted octanol–water partition coefficient (Wildman–Crippen LogP) is -0.338. The van der Waals surface area contributed by atoms with Gasteiger partial charge in [0.05, 0.1) is 6.54 Å². The number of ketones is 1. The first-order valence-electron chi connectivity index (χ1n) is 3.91. The molecule has 2 rings (SSSR count). The molecule has 1 aromatic heterocycles. The van der Waals surface area contributed by atoms with Gasteiger partial charge in [0.1, 0.15) is 11.5 Å². The highest BCUT2D eigenvalue weighted by molar-refractivity contribution is 5.80. The molecule has 1 unspecified atom stereocenters. The average molecular weight is 162 g/mol. The maximum absolute atomic E-state index is 11.2. The zero-order chi connectivity index (χ0) is 8.72. The predicted molar refractivity (Wildman–Crippen MR) is 45.3 cm³/mol. The van der Waals surface area contributed by atoms with E-state index in [1.807, 2.05) is 16.7 Å². The molecule has 3 nitrogen and oxygen atoms in total. The van der Waals surface area contributed by atoms with E-state index in [2.05, 4.69) is 11.6 Å². The van der Waals surface area contributed by atoms with Crippen molar-refractivity contribution in [2.24, 2.45) is 4.99 Å². The Morgan fingerprint density at radius 1 is 1.75 bits per heavy atom. The van der Waals surface area contributed by atoms with Crippen molar-refractivity contribution in [2.45, 2.75) is 13.0 Å². The Hall–Kier alpha value is -1.38. The Bertz CT molecular complexity index is 430. The van der Waals surface area contributed by atoms with Crippen LogP contribution in [0.5, 0.6) is 0 Å². The maximum Gasteiger partial charge on any atom is 0.154 e. The number of hydrogen-bond donors (Lipinski definition) is 0. The van der Waals surface area contributed by atoms with Gasteiger partial charge in [0, 0.05) is 5.35 Å². The highest BCUT2D eigenvalue weighted by atomic mass is 16.1. The summed E-state index contributed by atoms with van der Waals surface area (Å²) in [5, 5.41) is 0.867. The quantitative estimate of drug-likeness (QED) is 0.556. The van der Waals surface area contributed by atoms with Crippen LogP contribution in [0.2, 0.25) is 0 Å². The van der Waals surface area contributed by atoms with Gasteiger partial charge < -0.3 is 4.57 Å². The van der Waals surface area contributed by atoms with Gasteiger partial charge in [0.25, 0.3) is 0 Å². The van der Waals surface area contributed by atoms with Crippen LogP contribution in [-0.4, -0.2) is 16.9 Å².